The first-order chi connectivity index (χ1) is 12.1. The van der Waals surface area contributed by atoms with Gasteiger partial charge in [-0.3, -0.25) is 9.78 Å². The lowest BCUT2D eigenvalue weighted by Gasteiger charge is -2.19. The number of rotatable bonds is 3. The number of amides is 1. The van der Waals surface area contributed by atoms with Gasteiger partial charge in [0, 0.05) is 17.6 Å². The predicted octanol–water partition coefficient (Wildman–Crippen LogP) is 1.64. The molecule has 4 rings (SSSR count). The fourth-order valence-corrected chi connectivity index (χ4v) is 3.05. The number of nitrogens with one attached hydrogen (secondary N) is 1. The van der Waals surface area contributed by atoms with Crippen LogP contribution in [0.1, 0.15) is 22.1 Å². The zero-order valence-corrected chi connectivity index (χ0v) is 13.5. The van der Waals surface area contributed by atoms with Crippen LogP contribution in [-0.4, -0.2) is 45.1 Å². The van der Waals surface area contributed by atoms with Gasteiger partial charge >= 0.3 is 0 Å². The minimum atomic E-state index is -0.352. The second-order valence-electron chi connectivity index (χ2n) is 6.03. The molecule has 8 heteroatoms. The Balaban J connectivity index is 1.59. The highest BCUT2D eigenvalue weighted by atomic mass is 19.1. The SMILES string of the molecule is Cc1nc2cc(F)ccc2cc1C(=O)N[C@H]1COC[C@H]1n1ccnn1. The molecule has 0 radical (unpaired) electrons. The lowest BCUT2D eigenvalue weighted by Crippen LogP contribution is -2.41. The Morgan fingerprint density at radius 2 is 2.24 bits per heavy atom. The maximum atomic E-state index is 13.3. The molecule has 1 saturated heterocycles. The quantitative estimate of drug-likeness (QED) is 0.783. The summed E-state index contributed by atoms with van der Waals surface area (Å²) in [5.74, 6) is -0.591. The number of carbonyl (C=O) groups is 1. The summed E-state index contributed by atoms with van der Waals surface area (Å²) in [5.41, 5.74) is 1.54. The zero-order chi connectivity index (χ0) is 17.4. The number of aromatic nitrogens is 4. The van der Waals surface area contributed by atoms with Gasteiger partial charge in [-0.2, -0.15) is 0 Å². The van der Waals surface area contributed by atoms with Crippen LogP contribution in [0, 0.1) is 12.7 Å². The van der Waals surface area contributed by atoms with Gasteiger partial charge < -0.3 is 10.1 Å². The summed E-state index contributed by atoms with van der Waals surface area (Å²) in [7, 11) is 0. The first-order valence-electron chi connectivity index (χ1n) is 7.93. The van der Waals surface area contributed by atoms with Gasteiger partial charge in [0.1, 0.15) is 5.82 Å². The van der Waals surface area contributed by atoms with E-state index in [4.69, 9.17) is 4.74 Å². The van der Waals surface area contributed by atoms with E-state index in [0.717, 1.165) is 0 Å². The van der Waals surface area contributed by atoms with Crippen molar-refractivity contribution in [2.75, 3.05) is 13.2 Å². The third-order valence-electron chi connectivity index (χ3n) is 4.36. The number of pyridine rings is 1. The average molecular weight is 341 g/mol. The van der Waals surface area contributed by atoms with Crippen LogP contribution in [0.4, 0.5) is 4.39 Å². The number of fused-ring (bicyclic) bond motifs is 1. The van der Waals surface area contributed by atoms with Gasteiger partial charge in [-0.25, -0.2) is 9.07 Å². The highest BCUT2D eigenvalue weighted by Crippen LogP contribution is 2.21. The molecule has 0 bridgehead atoms. The predicted molar refractivity (Wildman–Crippen MR) is 87.6 cm³/mol. The van der Waals surface area contributed by atoms with Crippen molar-refractivity contribution in [1.82, 2.24) is 25.3 Å². The molecule has 1 fully saturated rings. The first-order valence-corrected chi connectivity index (χ1v) is 7.93. The van der Waals surface area contributed by atoms with Gasteiger partial charge in [0.15, 0.2) is 0 Å². The molecule has 3 aromatic rings. The van der Waals surface area contributed by atoms with Gasteiger partial charge in [0.05, 0.1) is 48.3 Å². The Morgan fingerprint density at radius 3 is 3.04 bits per heavy atom. The second kappa shape index (κ2) is 6.21. The average Bonchev–Trinajstić information content (AvgIpc) is 3.25. The third-order valence-corrected chi connectivity index (χ3v) is 4.36. The van der Waals surface area contributed by atoms with Crippen LogP contribution in [0.3, 0.4) is 0 Å². The van der Waals surface area contributed by atoms with Crippen LogP contribution < -0.4 is 5.32 Å². The van der Waals surface area contributed by atoms with Crippen molar-refractivity contribution in [1.29, 1.82) is 0 Å². The Labute approximate surface area is 142 Å². The zero-order valence-electron chi connectivity index (χ0n) is 13.5. The number of nitrogens with zero attached hydrogens (tertiary/aromatic N) is 4. The Kier molecular flexibility index (Phi) is 3.89. The molecule has 3 heterocycles. The molecular weight excluding hydrogens is 325 g/mol. The maximum absolute atomic E-state index is 13.3. The van der Waals surface area contributed by atoms with Gasteiger partial charge in [-0.05, 0) is 25.1 Å². The molecule has 1 aliphatic heterocycles. The maximum Gasteiger partial charge on any atom is 0.253 e. The van der Waals surface area contributed by atoms with E-state index in [1.54, 1.807) is 36.1 Å². The molecule has 1 aliphatic rings. The van der Waals surface area contributed by atoms with E-state index in [9.17, 15) is 9.18 Å². The van der Waals surface area contributed by atoms with Crippen molar-refractivity contribution in [2.45, 2.75) is 19.0 Å². The lowest BCUT2D eigenvalue weighted by atomic mass is 10.1. The molecule has 1 amide bonds. The largest absolute Gasteiger partial charge is 0.377 e. The summed E-state index contributed by atoms with van der Waals surface area (Å²) in [5, 5.41) is 11.5. The van der Waals surface area contributed by atoms with Crippen LogP contribution in [0.2, 0.25) is 0 Å². The summed E-state index contributed by atoms with van der Waals surface area (Å²) < 4.78 is 20.5. The van der Waals surface area contributed by atoms with Crippen molar-refractivity contribution >= 4 is 16.8 Å². The summed E-state index contributed by atoms with van der Waals surface area (Å²) >= 11 is 0. The molecule has 7 nitrogen and oxygen atoms in total. The van der Waals surface area contributed by atoms with Gasteiger partial charge in [0.2, 0.25) is 0 Å². The highest BCUT2D eigenvalue weighted by molar-refractivity contribution is 5.98. The highest BCUT2D eigenvalue weighted by Gasteiger charge is 2.32. The molecule has 0 saturated carbocycles. The van der Waals surface area contributed by atoms with Crippen molar-refractivity contribution in [2.24, 2.45) is 0 Å². The molecule has 0 aliphatic carbocycles. The molecule has 25 heavy (non-hydrogen) atoms. The Bertz CT molecular complexity index is 928. The van der Waals surface area contributed by atoms with E-state index >= 15 is 0 Å². The Hall–Kier alpha value is -2.87. The van der Waals surface area contributed by atoms with Crippen LogP contribution in [0.5, 0.6) is 0 Å². The number of ether oxygens (including phenoxy) is 1. The monoisotopic (exact) mass is 341 g/mol. The van der Waals surface area contributed by atoms with Crippen LogP contribution >= 0.6 is 0 Å². The number of benzene rings is 1. The van der Waals surface area contributed by atoms with Gasteiger partial charge in [0.25, 0.3) is 5.91 Å². The smallest absolute Gasteiger partial charge is 0.253 e. The van der Waals surface area contributed by atoms with E-state index in [2.05, 4.69) is 20.6 Å². The summed E-state index contributed by atoms with van der Waals surface area (Å²) in [4.78, 5) is 17.1. The number of hydrogen-bond acceptors (Lipinski definition) is 5. The molecule has 1 aromatic carbocycles. The summed E-state index contributed by atoms with van der Waals surface area (Å²) in [6.45, 7) is 2.60. The van der Waals surface area contributed by atoms with Crippen LogP contribution in [-0.2, 0) is 4.74 Å². The van der Waals surface area contributed by atoms with E-state index < -0.39 is 0 Å². The third kappa shape index (κ3) is 2.96. The molecular formula is C17H16FN5O2. The van der Waals surface area contributed by atoms with E-state index in [1.807, 2.05) is 0 Å². The number of carbonyl (C=O) groups excluding carboxylic acids is 1. The fraction of sp³-hybridized carbons (Fsp3) is 0.294. The van der Waals surface area contributed by atoms with E-state index in [0.29, 0.717) is 35.4 Å². The number of aryl methyl sites for hydroxylation is 1. The first kappa shape index (κ1) is 15.6. The standard InChI is InChI=1S/C17H16FN5O2/c1-10-13(6-11-2-3-12(18)7-14(11)20-10)17(24)21-15-8-25-9-16(15)23-5-4-19-22-23/h2-7,15-16H,8-9H2,1H3,(H,21,24)/t15-,16+/m0/s1. The van der Waals surface area contributed by atoms with Crippen molar-refractivity contribution in [3.63, 3.8) is 0 Å². The van der Waals surface area contributed by atoms with Crippen molar-refractivity contribution < 1.29 is 13.9 Å². The number of halogens is 1. The lowest BCUT2D eigenvalue weighted by molar-refractivity contribution is 0.0924. The molecule has 2 atom stereocenters. The minimum absolute atomic E-state index is 0.103. The molecule has 0 spiro atoms. The molecule has 1 N–H and O–H groups in total. The van der Waals surface area contributed by atoms with Crippen LogP contribution in [0.15, 0.2) is 36.7 Å². The van der Waals surface area contributed by atoms with Crippen molar-refractivity contribution in [3.8, 4) is 0 Å². The summed E-state index contributed by atoms with van der Waals surface area (Å²) in [6, 6.07) is 5.74. The molecule has 2 aromatic heterocycles. The second-order valence-corrected chi connectivity index (χ2v) is 6.03. The van der Waals surface area contributed by atoms with Gasteiger partial charge in [-0.15, -0.1) is 5.10 Å². The van der Waals surface area contributed by atoms with Crippen molar-refractivity contribution in [3.05, 3.63) is 53.7 Å². The topological polar surface area (TPSA) is 81.9 Å². The van der Waals surface area contributed by atoms with E-state index in [1.165, 1.54) is 12.1 Å². The van der Waals surface area contributed by atoms with E-state index in [-0.39, 0.29) is 23.8 Å². The van der Waals surface area contributed by atoms with Gasteiger partial charge in [-0.1, -0.05) is 5.21 Å². The number of hydrogen-bond donors (Lipinski definition) is 1. The molecule has 0 unspecified atom stereocenters. The van der Waals surface area contributed by atoms with Crippen LogP contribution in [0.25, 0.3) is 10.9 Å². The molecule has 128 valence electrons. The minimum Gasteiger partial charge on any atom is -0.377 e. The fourth-order valence-electron chi connectivity index (χ4n) is 3.05. The summed E-state index contributed by atoms with van der Waals surface area (Å²) in [6.07, 6.45) is 3.34. The Morgan fingerprint density at radius 1 is 1.36 bits per heavy atom. The normalized spacial score (nSPS) is 20.1.